The zero-order valence-corrected chi connectivity index (χ0v) is 16.6. The van der Waals surface area contributed by atoms with Gasteiger partial charge in [0.1, 0.15) is 5.75 Å². The Hall–Kier alpha value is -0.780. The summed E-state index contributed by atoms with van der Waals surface area (Å²) in [6.07, 6.45) is 0.867. The predicted octanol–water partition coefficient (Wildman–Crippen LogP) is 5.71. The molecule has 1 rings (SSSR count). The number of alkyl halides is 1. The third kappa shape index (κ3) is 5.14. The molecule has 0 heterocycles. The van der Waals surface area contributed by atoms with Crippen LogP contribution < -0.4 is 4.74 Å². The third-order valence-corrected chi connectivity index (χ3v) is 4.32. The molecule has 0 aliphatic carbocycles. The minimum Gasteiger partial charge on any atom is -0.449 e. The Balaban J connectivity index is 3.58. The van der Waals surface area contributed by atoms with Gasteiger partial charge in [-0.05, 0) is 33.7 Å². The number of hydrogen-bond donors (Lipinski definition) is 1. The second kappa shape index (κ2) is 7.20. The maximum Gasteiger partial charge on any atom is 0.511 e. The summed E-state index contributed by atoms with van der Waals surface area (Å²) in [5.74, 6) is 0.505. The molecular formula is C18H27IO3. The molecule has 0 amide bonds. The molecule has 0 fully saturated rings. The summed E-state index contributed by atoms with van der Waals surface area (Å²) in [6.45, 7) is 12.5. The van der Waals surface area contributed by atoms with Crippen LogP contribution in [-0.2, 0) is 17.3 Å². The van der Waals surface area contributed by atoms with Gasteiger partial charge in [0.15, 0.2) is 0 Å². The van der Waals surface area contributed by atoms with Crippen molar-refractivity contribution in [3.05, 3.63) is 28.8 Å². The van der Waals surface area contributed by atoms with Crippen molar-refractivity contribution in [2.75, 3.05) is 4.43 Å². The molecule has 0 atom stereocenters. The van der Waals surface area contributed by atoms with E-state index in [2.05, 4.69) is 76.3 Å². The van der Waals surface area contributed by atoms with E-state index in [4.69, 9.17) is 9.84 Å². The highest BCUT2D eigenvalue weighted by molar-refractivity contribution is 14.1. The number of ether oxygens (including phenoxy) is 1. The number of carbonyl (C=O) groups is 1. The van der Waals surface area contributed by atoms with Gasteiger partial charge in [0.05, 0.1) is 0 Å². The Bertz CT molecular complexity index is 501. The molecule has 0 saturated carbocycles. The monoisotopic (exact) mass is 418 g/mol. The summed E-state index contributed by atoms with van der Waals surface area (Å²) in [7, 11) is 0. The first-order valence-electron chi connectivity index (χ1n) is 7.61. The summed E-state index contributed by atoms with van der Waals surface area (Å²) in [5, 5.41) is 9.13. The fraction of sp³-hybridized carbons (Fsp3) is 0.611. The highest BCUT2D eigenvalue weighted by atomic mass is 127. The van der Waals surface area contributed by atoms with Crippen molar-refractivity contribution in [1.29, 1.82) is 0 Å². The van der Waals surface area contributed by atoms with Gasteiger partial charge in [-0.1, -0.05) is 76.3 Å². The molecular weight excluding hydrogens is 391 g/mol. The molecule has 0 spiro atoms. The summed E-state index contributed by atoms with van der Waals surface area (Å²) in [6, 6.07) is 4.22. The van der Waals surface area contributed by atoms with Gasteiger partial charge in [-0.25, -0.2) is 4.79 Å². The Kier molecular flexibility index (Phi) is 6.30. The molecule has 124 valence electrons. The number of hydrogen-bond acceptors (Lipinski definition) is 2. The first-order valence-corrected chi connectivity index (χ1v) is 9.14. The zero-order chi connectivity index (χ0) is 17.1. The average molecular weight is 418 g/mol. The number of rotatable bonds is 4. The van der Waals surface area contributed by atoms with Crippen LogP contribution in [0.25, 0.3) is 0 Å². The third-order valence-electron chi connectivity index (χ3n) is 3.55. The van der Waals surface area contributed by atoms with Crippen LogP contribution in [0, 0.1) is 0 Å². The van der Waals surface area contributed by atoms with E-state index in [0.717, 1.165) is 28.4 Å². The maximum absolute atomic E-state index is 11.2. The number of aryl methyl sites for hydroxylation is 1. The standard InChI is InChI=1S/C18H27IO3/c1-17(2,3)13-10-12(8-7-9-19)11-14(18(4,5)6)15(13)22-16(20)21/h10-11H,7-9H2,1-6H3,(H,20,21). The van der Waals surface area contributed by atoms with E-state index in [0.29, 0.717) is 5.75 Å². The van der Waals surface area contributed by atoms with Gasteiger partial charge in [0, 0.05) is 11.1 Å². The van der Waals surface area contributed by atoms with Crippen molar-refractivity contribution in [3.8, 4) is 5.75 Å². The van der Waals surface area contributed by atoms with Crippen LogP contribution in [0.1, 0.15) is 64.7 Å². The Morgan fingerprint density at radius 3 is 1.86 bits per heavy atom. The van der Waals surface area contributed by atoms with Gasteiger partial charge in [0.2, 0.25) is 0 Å². The highest BCUT2D eigenvalue weighted by Crippen LogP contribution is 2.41. The summed E-state index contributed by atoms with van der Waals surface area (Å²) >= 11 is 2.38. The van der Waals surface area contributed by atoms with Crippen LogP contribution in [-0.4, -0.2) is 15.7 Å². The number of carboxylic acid groups (broad SMARTS) is 1. The van der Waals surface area contributed by atoms with E-state index in [1.165, 1.54) is 5.56 Å². The van der Waals surface area contributed by atoms with Gasteiger partial charge in [0.25, 0.3) is 0 Å². The first kappa shape index (κ1) is 19.3. The Morgan fingerprint density at radius 1 is 1.09 bits per heavy atom. The summed E-state index contributed by atoms with van der Waals surface area (Å²) in [4.78, 5) is 11.2. The largest absolute Gasteiger partial charge is 0.511 e. The van der Waals surface area contributed by atoms with Gasteiger partial charge in [-0.15, -0.1) is 0 Å². The van der Waals surface area contributed by atoms with Crippen molar-refractivity contribution in [2.24, 2.45) is 0 Å². The van der Waals surface area contributed by atoms with Crippen LogP contribution in [0.4, 0.5) is 4.79 Å². The van der Waals surface area contributed by atoms with Crippen molar-refractivity contribution >= 4 is 28.7 Å². The van der Waals surface area contributed by atoms with Crippen molar-refractivity contribution in [3.63, 3.8) is 0 Å². The lowest BCUT2D eigenvalue weighted by Crippen LogP contribution is -2.22. The lowest BCUT2D eigenvalue weighted by atomic mass is 9.78. The van der Waals surface area contributed by atoms with Crippen molar-refractivity contribution in [1.82, 2.24) is 0 Å². The van der Waals surface area contributed by atoms with Gasteiger partial charge < -0.3 is 9.84 Å². The minimum absolute atomic E-state index is 0.175. The molecule has 0 aliphatic rings. The molecule has 0 aliphatic heterocycles. The second-order valence-electron chi connectivity index (χ2n) is 7.68. The van der Waals surface area contributed by atoms with Crippen LogP contribution in [0.3, 0.4) is 0 Å². The second-order valence-corrected chi connectivity index (χ2v) is 8.76. The van der Waals surface area contributed by atoms with Crippen LogP contribution >= 0.6 is 22.6 Å². The molecule has 0 saturated heterocycles. The SMILES string of the molecule is CC(C)(C)c1cc(CCCI)cc(C(C)(C)C)c1OC(=O)O. The molecule has 1 aromatic rings. The van der Waals surface area contributed by atoms with E-state index in [1.54, 1.807) is 0 Å². The van der Waals surface area contributed by atoms with E-state index < -0.39 is 6.16 Å². The zero-order valence-electron chi connectivity index (χ0n) is 14.4. The maximum atomic E-state index is 11.2. The van der Waals surface area contributed by atoms with Crippen LogP contribution in [0.15, 0.2) is 12.1 Å². The normalized spacial score (nSPS) is 12.3. The van der Waals surface area contributed by atoms with E-state index in [9.17, 15) is 4.79 Å². The molecule has 3 nitrogen and oxygen atoms in total. The van der Waals surface area contributed by atoms with E-state index >= 15 is 0 Å². The fourth-order valence-electron chi connectivity index (χ4n) is 2.42. The quantitative estimate of drug-likeness (QED) is 0.295. The molecule has 0 bridgehead atoms. The molecule has 1 N–H and O–H groups in total. The lowest BCUT2D eigenvalue weighted by Gasteiger charge is -2.29. The lowest BCUT2D eigenvalue weighted by molar-refractivity contribution is 0.142. The van der Waals surface area contributed by atoms with E-state index in [1.807, 2.05) is 0 Å². The summed E-state index contributed by atoms with van der Waals surface area (Å²) in [5.41, 5.74) is 2.83. The number of halogens is 1. The molecule has 0 unspecified atom stereocenters. The molecule has 0 radical (unpaired) electrons. The highest BCUT2D eigenvalue weighted by Gasteiger charge is 2.29. The Morgan fingerprint density at radius 2 is 1.55 bits per heavy atom. The predicted molar refractivity (Wildman–Crippen MR) is 99.7 cm³/mol. The van der Waals surface area contributed by atoms with Crippen molar-refractivity contribution in [2.45, 2.75) is 65.2 Å². The summed E-state index contributed by atoms with van der Waals surface area (Å²) < 4.78 is 6.32. The van der Waals surface area contributed by atoms with E-state index in [-0.39, 0.29) is 10.8 Å². The fourth-order valence-corrected chi connectivity index (χ4v) is 2.80. The van der Waals surface area contributed by atoms with Crippen molar-refractivity contribution < 1.29 is 14.6 Å². The van der Waals surface area contributed by atoms with Crippen LogP contribution in [0.5, 0.6) is 5.75 Å². The topological polar surface area (TPSA) is 46.5 Å². The molecule has 0 aromatic heterocycles. The van der Waals surface area contributed by atoms with Gasteiger partial charge in [-0.2, -0.15) is 0 Å². The minimum atomic E-state index is -1.25. The van der Waals surface area contributed by atoms with Gasteiger partial charge in [-0.3, -0.25) is 0 Å². The smallest absolute Gasteiger partial charge is 0.449 e. The number of benzene rings is 1. The van der Waals surface area contributed by atoms with Crippen LogP contribution in [0.2, 0.25) is 0 Å². The molecule has 22 heavy (non-hydrogen) atoms. The molecule has 1 aromatic carbocycles. The Labute approximate surface area is 147 Å². The first-order chi connectivity index (χ1) is 9.96. The molecule has 4 heteroatoms. The average Bonchev–Trinajstić information content (AvgIpc) is 2.33. The van der Waals surface area contributed by atoms with Gasteiger partial charge >= 0.3 is 6.16 Å².